The molecule has 0 bridgehead atoms. The lowest BCUT2D eigenvalue weighted by Gasteiger charge is -2.13. The topological polar surface area (TPSA) is 78.7 Å². The molecular formula is C17H18N4OS. The first-order valence-corrected chi connectivity index (χ1v) is 8.17. The van der Waals surface area contributed by atoms with Crippen LogP contribution in [0.3, 0.4) is 0 Å². The molecule has 1 N–H and O–H groups in total. The SMILES string of the molecule is CC(Sc1nc(C(C)C)ccc1C#N)C(=O)Nc1ccncc1. The monoisotopic (exact) mass is 326 g/mol. The number of nitrogens with one attached hydrogen (secondary N) is 1. The van der Waals surface area contributed by atoms with Crippen LogP contribution in [0.4, 0.5) is 5.69 Å². The third-order valence-corrected chi connectivity index (χ3v) is 4.30. The number of nitriles is 1. The standard InChI is InChI=1S/C17H18N4OS/c1-11(2)15-5-4-13(10-18)17(21-15)23-12(3)16(22)20-14-6-8-19-9-7-14/h4-9,11-12H,1-3H3,(H,19,20,22). The predicted octanol–water partition coefficient (Wildman–Crippen LogP) is 3.59. The highest BCUT2D eigenvalue weighted by atomic mass is 32.2. The van der Waals surface area contributed by atoms with Crippen LogP contribution in [0.1, 0.15) is 37.9 Å². The minimum absolute atomic E-state index is 0.137. The van der Waals surface area contributed by atoms with Gasteiger partial charge in [-0.15, -0.1) is 0 Å². The molecule has 0 aliphatic heterocycles. The highest BCUT2D eigenvalue weighted by Crippen LogP contribution is 2.27. The molecule has 2 aromatic rings. The molecule has 0 saturated heterocycles. The normalized spacial score (nSPS) is 11.8. The second kappa shape index (κ2) is 7.75. The van der Waals surface area contributed by atoms with Crippen molar-refractivity contribution in [3.05, 3.63) is 47.9 Å². The van der Waals surface area contributed by atoms with Crippen molar-refractivity contribution in [1.82, 2.24) is 9.97 Å². The summed E-state index contributed by atoms with van der Waals surface area (Å²) >= 11 is 1.29. The maximum absolute atomic E-state index is 12.3. The molecule has 1 amide bonds. The van der Waals surface area contributed by atoms with E-state index >= 15 is 0 Å². The number of carbonyl (C=O) groups excluding carboxylic acids is 1. The van der Waals surface area contributed by atoms with Crippen molar-refractivity contribution in [1.29, 1.82) is 5.26 Å². The van der Waals surface area contributed by atoms with Crippen LogP contribution in [0.2, 0.25) is 0 Å². The molecule has 2 rings (SSSR count). The number of hydrogen-bond donors (Lipinski definition) is 1. The minimum atomic E-state index is -0.370. The van der Waals surface area contributed by atoms with Gasteiger partial charge in [0.05, 0.1) is 10.8 Å². The zero-order chi connectivity index (χ0) is 16.8. The van der Waals surface area contributed by atoms with Gasteiger partial charge >= 0.3 is 0 Å². The Morgan fingerprint density at radius 2 is 1.91 bits per heavy atom. The molecule has 0 spiro atoms. The first kappa shape index (κ1) is 17.0. The lowest BCUT2D eigenvalue weighted by atomic mass is 10.1. The molecule has 23 heavy (non-hydrogen) atoms. The van der Waals surface area contributed by atoms with Crippen molar-refractivity contribution in [2.45, 2.75) is 37.0 Å². The van der Waals surface area contributed by atoms with Gasteiger partial charge in [0.2, 0.25) is 5.91 Å². The van der Waals surface area contributed by atoms with Crippen molar-refractivity contribution < 1.29 is 4.79 Å². The fraction of sp³-hybridized carbons (Fsp3) is 0.294. The van der Waals surface area contributed by atoms with Gasteiger partial charge in [0.15, 0.2) is 0 Å². The van der Waals surface area contributed by atoms with Crippen LogP contribution in [-0.4, -0.2) is 21.1 Å². The molecule has 5 nitrogen and oxygen atoms in total. The van der Waals surface area contributed by atoms with E-state index in [9.17, 15) is 10.1 Å². The Kier molecular flexibility index (Phi) is 5.72. The van der Waals surface area contributed by atoms with E-state index in [4.69, 9.17) is 0 Å². The molecule has 0 fully saturated rings. The number of thioether (sulfide) groups is 1. The third-order valence-electron chi connectivity index (χ3n) is 3.20. The van der Waals surface area contributed by atoms with E-state index in [1.807, 2.05) is 19.9 Å². The largest absolute Gasteiger partial charge is 0.325 e. The number of rotatable bonds is 5. The lowest BCUT2D eigenvalue weighted by Crippen LogP contribution is -2.22. The summed E-state index contributed by atoms with van der Waals surface area (Å²) in [6.07, 6.45) is 3.24. The van der Waals surface area contributed by atoms with Gasteiger partial charge in [-0.1, -0.05) is 25.6 Å². The summed E-state index contributed by atoms with van der Waals surface area (Å²) in [5.41, 5.74) is 2.10. The summed E-state index contributed by atoms with van der Waals surface area (Å²) in [5, 5.41) is 12.3. The summed E-state index contributed by atoms with van der Waals surface area (Å²) in [7, 11) is 0. The quantitative estimate of drug-likeness (QED) is 0.849. The number of hydrogen-bond acceptors (Lipinski definition) is 5. The second-order valence-electron chi connectivity index (χ2n) is 5.34. The number of anilines is 1. The Hall–Kier alpha value is -2.39. The molecule has 118 valence electrons. The van der Waals surface area contributed by atoms with Crippen LogP contribution in [0, 0.1) is 11.3 Å². The maximum Gasteiger partial charge on any atom is 0.237 e. The third kappa shape index (κ3) is 4.54. The number of nitrogens with zero attached hydrogens (tertiary/aromatic N) is 3. The predicted molar refractivity (Wildman–Crippen MR) is 91.2 cm³/mol. The van der Waals surface area contributed by atoms with E-state index in [1.165, 1.54) is 11.8 Å². The molecule has 0 aromatic carbocycles. The van der Waals surface area contributed by atoms with Crippen molar-refractivity contribution in [2.24, 2.45) is 0 Å². The van der Waals surface area contributed by atoms with Gasteiger partial charge < -0.3 is 5.32 Å². The van der Waals surface area contributed by atoms with Crippen LogP contribution in [-0.2, 0) is 4.79 Å². The Morgan fingerprint density at radius 1 is 1.22 bits per heavy atom. The highest BCUT2D eigenvalue weighted by molar-refractivity contribution is 8.00. The summed E-state index contributed by atoms with van der Waals surface area (Å²) < 4.78 is 0. The Bertz CT molecular complexity index is 725. The number of amides is 1. The summed E-state index contributed by atoms with van der Waals surface area (Å²) in [6, 6.07) is 9.21. The lowest BCUT2D eigenvalue weighted by molar-refractivity contribution is -0.115. The molecule has 0 aliphatic carbocycles. The molecule has 0 aliphatic rings. The summed E-state index contributed by atoms with van der Waals surface area (Å²) in [4.78, 5) is 20.7. The van der Waals surface area contributed by atoms with Gasteiger partial charge in [0, 0.05) is 23.8 Å². The fourth-order valence-corrected chi connectivity index (χ4v) is 2.75. The van der Waals surface area contributed by atoms with E-state index in [0.29, 0.717) is 16.3 Å². The minimum Gasteiger partial charge on any atom is -0.325 e. The maximum atomic E-state index is 12.3. The Labute approximate surface area is 140 Å². The van der Waals surface area contributed by atoms with Crippen LogP contribution < -0.4 is 5.32 Å². The molecule has 2 aromatic heterocycles. The van der Waals surface area contributed by atoms with Crippen molar-refractivity contribution in [3.63, 3.8) is 0 Å². The molecule has 1 atom stereocenters. The molecule has 0 radical (unpaired) electrons. The molecule has 1 unspecified atom stereocenters. The van der Waals surface area contributed by atoms with Gasteiger partial charge in [-0.2, -0.15) is 5.26 Å². The van der Waals surface area contributed by atoms with Gasteiger partial charge in [-0.25, -0.2) is 4.98 Å². The average Bonchev–Trinajstić information content (AvgIpc) is 2.55. The highest BCUT2D eigenvalue weighted by Gasteiger charge is 2.18. The molecular weight excluding hydrogens is 308 g/mol. The van der Waals surface area contributed by atoms with Gasteiger partial charge in [0.1, 0.15) is 11.1 Å². The molecule has 0 saturated carbocycles. The van der Waals surface area contributed by atoms with E-state index < -0.39 is 0 Å². The second-order valence-corrected chi connectivity index (χ2v) is 6.67. The average molecular weight is 326 g/mol. The summed E-state index contributed by atoms with van der Waals surface area (Å²) in [5.74, 6) is 0.130. The van der Waals surface area contributed by atoms with Gasteiger partial charge in [-0.3, -0.25) is 9.78 Å². The van der Waals surface area contributed by atoms with Gasteiger partial charge in [0.25, 0.3) is 0 Å². The number of pyridine rings is 2. The molecule has 6 heteroatoms. The van der Waals surface area contributed by atoms with E-state index in [2.05, 4.69) is 21.4 Å². The van der Waals surface area contributed by atoms with Crippen LogP contribution >= 0.6 is 11.8 Å². The molecule has 2 heterocycles. The van der Waals surface area contributed by atoms with Crippen molar-refractivity contribution in [3.8, 4) is 6.07 Å². The zero-order valence-electron chi connectivity index (χ0n) is 13.3. The van der Waals surface area contributed by atoms with Gasteiger partial charge in [-0.05, 0) is 37.1 Å². The van der Waals surface area contributed by atoms with Crippen LogP contribution in [0.25, 0.3) is 0 Å². The summed E-state index contributed by atoms with van der Waals surface area (Å²) in [6.45, 7) is 5.89. The van der Waals surface area contributed by atoms with E-state index in [0.717, 1.165) is 5.69 Å². The fourth-order valence-electron chi connectivity index (χ4n) is 1.85. The Balaban J connectivity index is 2.13. The van der Waals surface area contributed by atoms with E-state index in [1.54, 1.807) is 37.5 Å². The van der Waals surface area contributed by atoms with Crippen molar-refractivity contribution in [2.75, 3.05) is 5.32 Å². The van der Waals surface area contributed by atoms with Crippen molar-refractivity contribution >= 4 is 23.4 Å². The van der Waals surface area contributed by atoms with Crippen LogP contribution in [0.15, 0.2) is 41.7 Å². The number of carbonyl (C=O) groups is 1. The number of aromatic nitrogens is 2. The first-order chi connectivity index (χ1) is 11.0. The van der Waals surface area contributed by atoms with E-state index in [-0.39, 0.29) is 17.1 Å². The Morgan fingerprint density at radius 3 is 2.52 bits per heavy atom. The zero-order valence-corrected chi connectivity index (χ0v) is 14.1. The van der Waals surface area contributed by atoms with Crippen LogP contribution in [0.5, 0.6) is 0 Å². The first-order valence-electron chi connectivity index (χ1n) is 7.30. The smallest absolute Gasteiger partial charge is 0.237 e.